The predicted molar refractivity (Wildman–Crippen MR) is 111 cm³/mol. The number of aromatic hydroxyl groups is 1. The van der Waals surface area contributed by atoms with Crippen LogP contribution in [0.1, 0.15) is 21.5 Å². The summed E-state index contributed by atoms with van der Waals surface area (Å²) >= 11 is 0. The van der Waals surface area contributed by atoms with Gasteiger partial charge in [0.1, 0.15) is 23.9 Å². The molecule has 0 radical (unpaired) electrons. The lowest BCUT2D eigenvalue weighted by Gasteiger charge is -2.08. The van der Waals surface area contributed by atoms with Crippen LogP contribution >= 0.6 is 0 Å². The second-order valence-electron chi connectivity index (χ2n) is 6.27. The van der Waals surface area contributed by atoms with Gasteiger partial charge in [0.15, 0.2) is 12.6 Å². The molecule has 3 aromatic rings. The minimum atomic E-state index is -0.295. The predicted octanol–water partition coefficient (Wildman–Crippen LogP) is 4.85. The highest BCUT2D eigenvalue weighted by atomic mass is 16.7. The molecular formula is C24H22O5. The van der Waals surface area contributed by atoms with Crippen molar-refractivity contribution < 1.29 is 24.1 Å². The highest BCUT2D eigenvalue weighted by Crippen LogP contribution is 2.25. The van der Waals surface area contributed by atoms with Crippen molar-refractivity contribution in [1.29, 1.82) is 0 Å². The van der Waals surface area contributed by atoms with Crippen LogP contribution in [0.25, 0.3) is 6.08 Å². The first kappa shape index (κ1) is 20.2. The highest BCUT2D eigenvalue weighted by molar-refractivity contribution is 6.08. The van der Waals surface area contributed by atoms with E-state index in [0.717, 1.165) is 11.1 Å². The zero-order chi connectivity index (χ0) is 20.5. The number of phenolic OH excluding ortho intramolecular Hbond substituents is 1. The molecule has 0 unspecified atom stereocenters. The number of hydrogen-bond acceptors (Lipinski definition) is 5. The molecule has 0 bridgehead atoms. The fraction of sp³-hybridized carbons (Fsp3) is 0.125. The van der Waals surface area contributed by atoms with E-state index in [1.165, 1.54) is 12.1 Å². The van der Waals surface area contributed by atoms with E-state index in [9.17, 15) is 9.90 Å². The summed E-state index contributed by atoms with van der Waals surface area (Å²) in [5.41, 5.74) is 2.08. The average molecular weight is 390 g/mol. The number of rotatable bonds is 9. The van der Waals surface area contributed by atoms with Crippen LogP contribution < -0.4 is 9.47 Å². The lowest BCUT2D eigenvalue weighted by Crippen LogP contribution is -1.98. The lowest BCUT2D eigenvalue weighted by atomic mass is 10.1. The van der Waals surface area contributed by atoms with Gasteiger partial charge in [0.25, 0.3) is 0 Å². The molecule has 0 fully saturated rings. The summed E-state index contributed by atoms with van der Waals surface area (Å²) in [7, 11) is 1.56. The smallest absolute Gasteiger partial charge is 0.189 e. The molecule has 148 valence electrons. The number of carbonyl (C=O) groups is 1. The molecule has 0 heterocycles. The summed E-state index contributed by atoms with van der Waals surface area (Å²) < 4.78 is 15.8. The van der Waals surface area contributed by atoms with Crippen molar-refractivity contribution in [2.75, 3.05) is 13.9 Å². The molecule has 0 aliphatic heterocycles. The topological polar surface area (TPSA) is 65.0 Å². The maximum atomic E-state index is 12.4. The van der Waals surface area contributed by atoms with Gasteiger partial charge in [-0.1, -0.05) is 48.5 Å². The van der Waals surface area contributed by atoms with Gasteiger partial charge in [0.2, 0.25) is 0 Å². The molecule has 0 aliphatic carbocycles. The number of hydrogen-bond donors (Lipinski definition) is 1. The minimum Gasteiger partial charge on any atom is -0.507 e. The molecule has 29 heavy (non-hydrogen) atoms. The number of methoxy groups -OCH3 is 1. The highest BCUT2D eigenvalue weighted by Gasteiger charge is 2.10. The van der Waals surface area contributed by atoms with E-state index in [4.69, 9.17) is 14.2 Å². The van der Waals surface area contributed by atoms with Crippen molar-refractivity contribution in [2.24, 2.45) is 0 Å². The Balaban J connectivity index is 1.60. The Bertz CT molecular complexity index is 962. The number of phenols is 1. The zero-order valence-electron chi connectivity index (χ0n) is 16.1. The van der Waals surface area contributed by atoms with Crippen LogP contribution in [0.15, 0.2) is 78.9 Å². The maximum absolute atomic E-state index is 12.4. The summed E-state index contributed by atoms with van der Waals surface area (Å²) in [6.07, 6.45) is 3.10. The van der Waals surface area contributed by atoms with Crippen LogP contribution in [0, 0.1) is 0 Å². The van der Waals surface area contributed by atoms with E-state index in [-0.39, 0.29) is 23.9 Å². The van der Waals surface area contributed by atoms with Gasteiger partial charge < -0.3 is 19.3 Å². The average Bonchev–Trinajstić information content (AvgIpc) is 2.76. The van der Waals surface area contributed by atoms with Crippen LogP contribution in [0.4, 0.5) is 0 Å². The second-order valence-corrected chi connectivity index (χ2v) is 6.27. The lowest BCUT2D eigenvalue weighted by molar-refractivity contribution is 0.0511. The van der Waals surface area contributed by atoms with Gasteiger partial charge in [-0.05, 0) is 41.5 Å². The Hall–Kier alpha value is -3.57. The van der Waals surface area contributed by atoms with Crippen molar-refractivity contribution in [3.8, 4) is 17.2 Å². The molecule has 1 N–H and O–H groups in total. The summed E-state index contributed by atoms with van der Waals surface area (Å²) in [6.45, 7) is 0.565. The van der Waals surface area contributed by atoms with Gasteiger partial charge in [-0.2, -0.15) is 0 Å². The molecular weight excluding hydrogens is 368 g/mol. The first-order valence-corrected chi connectivity index (χ1v) is 9.09. The molecule has 3 aromatic carbocycles. The molecule has 0 saturated carbocycles. The van der Waals surface area contributed by atoms with Gasteiger partial charge in [-0.25, -0.2) is 0 Å². The van der Waals surface area contributed by atoms with Crippen molar-refractivity contribution in [3.63, 3.8) is 0 Å². The van der Waals surface area contributed by atoms with E-state index in [1.807, 2.05) is 42.5 Å². The monoisotopic (exact) mass is 390 g/mol. The zero-order valence-corrected chi connectivity index (χ0v) is 16.1. The third kappa shape index (κ3) is 5.96. The molecule has 0 atom stereocenters. The Morgan fingerprint density at radius 1 is 0.931 bits per heavy atom. The van der Waals surface area contributed by atoms with Crippen molar-refractivity contribution >= 4 is 11.9 Å². The molecule has 0 spiro atoms. The summed E-state index contributed by atoms with van der Waals surface area (Å²) in [5.74, 6) is 0.767. The van der Waals surface area contributed by atoms with E-state index in [0.29, 0.717) is 18.1 Å². The molecule has 5 nitrogen and oxygen atoms in total. The van der Waals surface area contributed by atoms with Crippen molar-refractivity contribution in [3.05, 3.63) is 95.6 Å². The number of benzene rings is 3. The van der Waals surface area contributed by atoms with Gasteiger partial charge >= 0.3 is 0 Å². The van der Waals surface area contributed by atoms with Crippen LogP contribution in [0.2, 0.25) is 0 Å². The first-order valence-electron chi connectivity index (χ1n) is 9.09. The van der Waals surface area contributed by atoms with Crippen molar-refractivity contribution in [1.82, 2.24) is 0 Å². The largest absolute Gasteiger partial charge is 0.507 e. The van der Waals surface area contributed by atoms with Gasteiger partial charge in [-0.15, -0.1) is 0 Å². The number of allylic oxidation sites excluding steroid dienone is 1. The van der Waals surface area contributed by atoms with E-state index >= 15 is 0 Å². The molecule has 0 aromatic heterocycles. The normalized spacial score (nSPS) is 10.8. The summed E-state index contributed by atoms with van der Waals surface area (Å²) in [4.78, 5) is 12.4. The Morgan fingerprint density at radius 2 is 1.66 bits per heavy atom. The van der Waals surface area contributed by atoms with E-state index < -0.39 is 0 Å². The minimum absolute atomic E-state index is 0.117. The van der Waals surface area contributed by atoms with E-state index in [2.05, 4.69) is 0 Å². The van der Waals surface area contributed by atoms with Crippen molar-refractivity contribution in [2.45, 2.75) is 6.61 Å². The molecule has 0 saturated heterocycles. The van der Waals surface area contributed by atoms with Crippen LogP contribution in [0.3, 0.4) is 0 Å². The fourth-order valence-corrected chi connectivity index (χ4v) is 2.61. The number of ketones is 1. The molecule has 0 aliphatic rings. The second kappa shape index (κ2) is 10.1. The molecule has 3 rings (SSSR count). The van der Waals surface area contributed by atoms with Gasteiger partial charge in [0.05, 0.1) is 5.56 Å². The van der Waals surface area contributed by atoms with Crippen LogP contribution in [0.5, 0.6) is 17.2 Å². The van der Waals surface area contributed by atoms with Gasteiger partial charge in [-0.3, -0.25) is 4.79 Å². The quantitative estimate of drug-likeness (QED) is 0.321. The first-order chi connectivity index (χ1) is 14.2. The third-order valence-corrected chi connectivity index (χ3v) is 4.13. The number of carbonyl (C=O) groups excluding carboxylic acids is 1. The SMILES string of the molecule is COCOc1ccc(/C=C/C(=O)c2ccc(OCc3ccccc3)cc2O)cc1. The Kier molecular flexibility index (Phi) is 7.03. The molecule has 0 amide bonds. The number of ether oxygens (including phenoxy) is 3. The van der Waals surface area contributed by atoms with Crippen LogP contribution in [-0.4, -0.2) is 24.8 Å². The third-order valence-electron chi connectivity index (χ3n) is 4.13. The van der Waals surface area contributed by atoms with E-state index in [1.54, 1.807) is 37.5 Å². The molecule has 5 heteroatoms. The standard InChI is InChI=1S/C24H22O5/c1-27-17-29-20-10-7-18(8-11-20)9-14-23(25)22-13-12-21(15-24(22)26)28-16-19-5-3-2-4-6-19/h2-15,26H,16-17H2,1H3/b14-9+. The van der Waals surface area contributed by atoms with Gasteiger partial charge in [0, 0.05) is 13.2 Å². The fourth-order valence-electron chi connectivity index (χ4n) is 2.61. The Labute approximate surface area is 169 Å². The summed E-state index contributed by atoms with van der Waals surface area (Å²) in [6, 6.07) is 21.6. The summed E-state index contributed by atoms with van der Waals surface area (Å²) in [5, 5.41) is 10.2. The maximum Gasteiger partial charge on any atom is 0.189 e. The Morgan fingerprint density at radius 3 is 2.34 bits per heavy atom. The van der Waals surface area contributed by atoms with Crippen LogP contribution in [-0.2, 0) is 11.3 Å².